The highest BCUT2D eigenvalue weighted by Gasteiger charge is 2.43. The smallest absolute Gasteiger partial charge is 0.410 e. The molecule has 0 saturated carbocycles. The molecule has 2 heterocycles. The predicted octanol–water partition coefficient (Wildman–Crippen LogP) is 5.78. The van der Waals surface area contributed by atoms with Crippen LogP contribution in [-0.2, 0) is 15.9 Å². The van der Waals surface area contributed by atoms with Crippen LogP contribution in [0.3, 0.4) is 0 Å². The van der Waals surface area contributed by atoms with Gasteiger partial charge in [0.25, 0.3) is 5.91 Å². The molecule has 2 amide bonds. The molecule has 2 aliphatic heterocycles. The number of nitrogens with zero attached hydrogens (tertiary/aromatic N) is 3. The van der Waals surface area contributed by atoms with Crippen molar-refractivity contribution in [2.75, 3.05) is 20.7 Å². The molecule has 1 fully saturated rings. The first-order chi connectivity index (χ1) is 20.8. The van der Waals surface area contributed by atoms with Gasteiger partial charge in [0.2, 0.25) is 0 Å². The summed E-state index contributed by atoms with van der Waals surface area (Å²) in [6, 6.07) is 12.2. The van der Waals surface area contributed by atoms with E-state index in [9.17, 15) is 23.5 Å². The van der Waals surface area contributed by atoms with Crippen molar-refractivity contribution in [3.63, 3.8) is 0 Å². The van der Waals surface area contributed by atoms with Crippen LogP contribution in [0.5, 0.6) is 5.75 Å². The van der Waals surface area contributed by atoms with Gasteiger partial charge in [0.15, 0.2) is 6.23 Å². The van der Waals surface area contributed by atoms with Crippen molar-refractivity contribution in [1.29, 1.82) is 0 Å². The zero-order valence-corrected chi connectivity index (χ0v) is 25.8. The van der Waals surface area contributed by atoms with Crippen LogP contribution in [0, 0.1) is 0 Å². The Morgan fingerprint density at radius 1 is 1.09 bits per heavy atom. The van der Waals surface area contributed by atoms with Crippen molar-refractivity contribution in [3.8, 4) is 5.75 Å². The second-order valence-corrected chi connectivity index (χ2v) is 12.1. The summed E-state index contributed by atoms with van der Waals surface area (Å²) in [4.78, 5) is 34.2. The number of aliphatic imine (C=N–C) groups is 1. The van der Waals surface area contributed by atoms with Crippen LogP contribution in [0.25, 0.3) is 0 Å². The summed E-state index contributed by atoms with van der Waals surface area (Å²) in [6.45, 7) is 2.75. The van der Waals surface area contributed by atoms with Gasteiger partial charge >= 0.3 is 12.7 Å². The zero-order valence-electron chi connectivity index (χ0n) is 25.8. The van der Waals surface area contributed by atoms with Gasteiger partial charge in [-0.1, -0.05) is 30.3 Å². The van der Waals surface area contributed by atoms with Crippen LogP contribution in [0.15, 0.2) is 65.7 Å². The van der Waals surface area contributed by atoms with Crippen molar-refractivity contribution < 1.29 is 37.7 Å². The molecule has 4 unspecified atom stereocenters. The number of hydrogen-bond acceptors (Lipinski definition) is 7. The second kappa shape index (κ2) is 14.3. The Balaban J connectivity index is 1.46. The highest BCUT2D eigenvalue weighted by atomic mass is 19.3. The second-order valence-electron chi connectivity index (χ2n) is 12.1. The number of aliphatic hydroxyl groups is 1. The lowest BCUT2D eigenvalue weighted by Crippen LogP contribution is -2.47. The van der Waals surface area contributed by atoms with E-state index in [1.54, 1.807) is 56.9 Å². The third-order valence-corrected chi connectivity index (χ3v) is 7.61. The van der Waals surface area contributed by atoms with E-state index in [0.717, 1.165) is 11.3 Å². The number of alkyl halides is 2. The fourth-order valence-electron chi connectivity index (χ4n) is 5.52. The molecular weight excluding hydrogens is 572 g/mol. The Hall–Kier alpha value is -3.83. The van der Waals surface area contributed by atoms with Gasteiger partial charge < -0.3 is 24.2 Å². The first-order valence-corrected chi connectivity index (χ1v) is 14.7. The van der Waals surface area contributed by atoms with Crippen molar-refractivity contribution >= 4 is 17.7 Å². The molecule has 44 heavy (non-hydrogen) atoms. The lowest BCUT2D eigenvalue weighted by Gasteiger charge is -2.35. The molecule has 0 aromatic heterocycles. The number of halogens is 2. The predicted molar refractivity (Wildman–Crippen MR) is 162 cm³/mol. The van der Waals surface area contributed by atoms with E-state index in [-0.39, 0.29) is 23.9 Å². The fourth-order valence-corrected chi connectivity index (χ4v) is 5.52. The Kier molecular flexibility index (Phi) is 10.7. The minimum Gasteiger partial charge on any atom is -0.444 e. The summed E-state index contributed by atoms with van der Waals surface area (Å²) in [6.07, 6.45) is 4.39. The number of amides is 2. The van der Waals surface area contributed by atoms with E-state index < -0.39 is 30.5 Å². The molecule has 0 radical (unpaired) electrons. The molecule has 238 valence electrons. The Bertz CT molecular complexity index is 1340. The highest BCUT2D eigenvalue weighted by Crippen LogP contribution is 2.36. The molecular formula is C33H41F2N3O6. The number of carbonyl (C=O) groups is 2. The standard InChI is InChI=1S/C33H41F2N3O6/c1-33(2,3)44-32(41)38-25(15-18-27(38)29(39)22-13-16-26(17-14-22)43-31(34)35)19-21-9-11-23(12-10-21)30(40)37(4)20-24-7-6-8-28(36-24)42-5/h6-7,9-14,16-17,25,27-29,31,39H,8,15,18-20H2,1-5H3. The summed E-state index contributed by atoms with van der Waals surface area (Å²) >= 11 is 0. The zero-order chi connectivity index (χ0) is 32.0. The molecule has 2 aromatic carbocycles. The minimum absolute atomic E-state index is 0.0170. The van der Waals surface area contributed by atoms with E-state index in [0.29, 0.717) is 43.4 Å². The summed E-state index contributed by atoms with van der Waals surface area (Å²) in [7, 11) is 3.34. The molecule has 0 aliphatic carbocycles. The van der Waals surface area contributed by atoms with E-state index in [1.165, 1.54) is 24.3 Å². The van der Waals surface area contributed by atoms with Crippen LogP contribution < -0.4 is 4.74 Å². The van der Waals surface area contributed by atoms with Crippen LogP contribution in [0.1, 0.15) is 67.6 Å². The Morgan fingerprint density at radius 3 is 2.39 bits per heavy atom. The van der Waals surface area contributed by atoms with E-state index >= 15 is 0 Å². The van der Waals surface area contributed by atoms with Crippen molar-refractivity contribution in [2.24, 2.45) is 4.99 Å². The van der Waals surface area contributed by atoms with Gasteiger partial charge in [-0.25, -0.2) is 4.79 Å². The SMILES string of the molecule is COC1CC=CC(CN(C)C(=O)c2ccc(CC3CCC(C(O)c4ccc(OC(F)F)cc4)N3C(=O)OC(C)(C)C)cc2)=N1. The number of likely N-dealkylation sites (tertiary alicyclic amines) is 1. The number of dihydropyridines is 1. The summed E-state index contributed by atoms with van der Waals surface area (Å²) < 4.78 is 40.6. The van der Waals surface area contributed by atoms with Crippen molar-refractivity contribution in [3.05, 3.63) is 77.4 Å². The molecule has 1 N–H and O–H groups in total. The van der Waals surface area contributed by atoms with Crippen LogP contribution >= 0.6 is 0 Å². The molecule has 4 atom stereocenters. The Labute approximate surface area is 257 Å². The quantitative estimate of drug-likeness (QED) is 0.365. The van der Waals surface area contributed by atoms with E-state index in [4.69, 9.17) is 9.47 Å². The largest absolute Gasteiger partial charge is 0.444 e. The molecule has 2 aliphatic rings. The number of ether oxygens (including phenoxy) is 3. The highest BCUT2D eigenvalue weighted by molar-refractivity contribution is 6.02. The molecule has 11 heteroatoms. The third kappa shape index (κ3) is 8.63. The van der Waals surface area contributed by atoms with Gasteiger partial charge in [-0.05, 0) is 81.5 Å². The summed E-state index contributed by atoms with van der Waals surface area (Å²) in [5, 5.41) is 11.3. The maximum Gasteiger partial charge on any atom is 0.410 e. The van der Waals surface area contributed by atoms with Crippen molar-refractivity contribution in [2.45, 2.75) is 83.1 Å². The van der Waals surface area contributed by atoms with Crippen molar-refractivity contribution in [1.82, 2.24) is 9.80 Å². The number of hydrogen-bond donors (Lipinski definition) is 1. The number of rotatable bonds is 10. The fraction of sp³-hybridized carbons (Fsp3) is 0.485. The molecule has 0 bridgehead atoms. The van der Waals surface area contributed by atoms with Gasteiger partial charge in [0.1, 0.15) is 11.4 Å². The van der Waals surface area contributed by atoms with Crippen LogP contribution in [-0.4, -0.2) is 83.8 Å². The lowest BCUT2D eigenvalue weighted by molar-refractivity contribution is -0.0499. The average Bonchev–Trinajstić information content (AvgIpc) is 3.39. The topological polar surface area (TPSA) is 101 Å². The lowest BCUT2D eigenvalue weighted by atomic mass is 10.00. The molecule has 9 nitrogen and oxygen atoms in total. The number of methoxy groups -OCH3 is 1. The minimum atomic E-state index is -2.95. The Morgan fingerprint density at radius 2 is 1.77 bits per heavy atom. The number of aliphatic hydroxyl groups excluding tert-OH is 1. The van der Waals surface area contributed by atoms with Gasteiger partial charge in [-0.2, -0.15) is 8.78 Å². The van der Waals surface area contributed by atoms with Crippen LogP contribution in [0.4, 0.5) is 13.6 Å². The normalized spacial score (nSPS) is 20.8. The number of benzene rings is 2. The first kappa shape index (κ1) is 33.1. The van der Waals surface area contributed by atoms with E-state index in [2.05, 4.69) is 9.73 Å². The third-order valence-electron chi connectivity index (χ3n) is 7.61. The summed E-state index contributed by atoms with van der Waals surface area (Å²) in [5.74, 6) is -0.159. The van der Waals surface area contributed by atoms with Gasteiger partial charge in [0, 0.05) is 32.2 Å². The molecule has 1 saturated heterocycles. The van der Waals surface area contributed by atoms with E-state index in [1.807, 2.05) is 24.3 Å². The molecule has 0 spiro atoms. The van der Waals surface area contributed by atoms with Gasteiger partial charge in [-0.3, -0.25) is 14.7 Å². The van der Waals surface area contributed by atoms with Crippen LogP contribution in [0.2, 0.25) is 0 Å². The monoisotopic (exact) mass is 613 g/mol. The average molecular weight is 614 g/mol. The van der Waals surface area contributed by atoms with Gasteiger partial charge in [0.05, 0.1) is 24.4 Å². The first-order valence-electron chi connectivity index (χ1n) is 14.7. The maximum atomic E-state index is 13.4. The van der Waals surface area contributed by atoms with Gasteiger partial charge in [-0.15, -0.1) is 0 Å². The summed E-state index contributed by atoms with van der Waals surface area (Å²) in [5.41, 5.74) is 1.96. The molecule has 2 aromatic rings. The molecule has 4 rings (SSSR count). The maximum absolute atomic E-state index is 13.4. The number of carbonyl (C=O) groups excluding carboxylic acids is 2.